The van der Waals surface area contributed by atoms with Crippen LogP contribution in [0.4, 0.5) is 17.1 Å². The minimum atomic E-state index is -0.580. The fraction of sp³-hybridized carbons (Fsp3) is 0.308. The fourth-order valence-corrected chi connectivity index (χ4v) is 7.91. The van der Waals surface area contributed by atoms with Crippen LogP contribution in [-0.4, -0.2) is 33.8 Å². The van der Waals surface area contributed by atoms with Crippen LogP contribution >= 0.6 is 23.1 Å². The molecule has 0 spiro atoms. The highest BCUT2D eigenvalue weighted by Crippen LogP contribution is 2.40. The first kappa shape index (κ1) is 35.6. The summed E-state index contributed by atoms with van der Waals surface area (Å²) in [6.45, 7) is -0.00589. The van der Waals surface area contributed by atoms with Crippen molar-refractivity contribution in [3.63, 3.8) is 0 Å². The van der Waals surface area contributed by atoms with Gasteiger partial charge < -0.3 is 30.9 Å². The van der Waals surface area contributed by atoms with E-state index < -0.39 is 6.29 Å². The lowest BCUT2D eigenvalue weighted by Crippen LogP contribution is -2.31. The standard InChI is InChI=1S/C39H42N4O5S2/c40-31-9-5-6-10-32(31)42-37(46)14-4-2-1-3-13-36(45)41-29-21-19-28(20-22-29)38-47-30(23-34(48-38)27-17-15-26(24-44)16-18-27)25-49-39-43-33-11-7-8-12-35(33)50-39/h5-12,15-22,30,34,38,44H,1-4,13-14,23-25,40H2,(H,41,45)(H,42,46)/t30-,34+,38+/m0/s1. The van der Waals surface area contributed by atoms with E-state index >= 15 is 0 Å². The summed E-state index contributed by atoms with van der Waals surface area (Å²) in [7, 11) is 0. The zero-order valence-corrected chi connectivity index (χ0v) is 29.4. The predicted octanol–water partition coefficient (Wildman–Crippen LogP) is 8.63. The number of para-hydroxylation sites is 3. The number of amides is 2. The van der Waals surface area contributed by atoms with E-state index in [9.17, 15) is 14.7 Å². The van der Waals surface area contributed by atoms with E-state index in [0.717, 1.165) is 58.0 Å². The highest BCUT2D eigenvalue weighted by Gasteiger charge is 2.32. The predicted molar refractivity (Wildman–Crippen MR) is 201 cm³/mol. The number of hydrogen-bond acceptors (Lipinski definition) is 9. The summed E-state index contributed by atoms with van der Waals surface area (Å²) in [5.41, 5.74) is 11.6. The topological polar surface area (TPSA) is 136 Å². The number of anilines is 3. The number of unbranched alkanes of at least 4 members (excludes halogenated alkanes) is 3. The van der Waals surface area contributed by atoms with E-state index in [1.807, 2.05) is 78.9 Å². The molecule has 2 heterocycles. The molecule has 6 rings (SSSR count). The van der Waals surface area contributed by atoms with Gasteiger partial charge in [0.05, 0.1) is 40.4 Å². The Morgan fingerprint density at radius 1 is 0.820 bits per heavy atom. The van der Waals surface area contributed by atoms with Crippen molar-refractivity contribution in [2.45, 2.75) is 74.4 Å². The number of nitrogens with zero attached hydrogens (tertiary/aromatic N) is 1. The molecule has 0 saturated carbocycles. The van der Waals surface area contributed by atoms with Gasteiger partial charge in [-0.1, -0.05) is 85.3 Å². The second-order valence-electron chi connectivity index (χ2n) is 12.3. The Balaban J connectivity index is 0.982. The van der Waals surface area contributed by atoms with Crippen molar-refractivity contribution >= 4 is 62.2 Å². The van der Waals surface area contributed by atoms with Gasteiger partial charge in [-0.05, 0) is 60.4 Å². The van der Waals surface area contributed by atoms with Crippen LogP contribution in [0.25, 0.3) is 10.2 Å². The minimum Gasteiger partial charge on any atom is -0.397 e. The Kier molecular flexibility index (Phi) is 12.5. The molecule has 9 nitrogen and oxygen atoms in total. The summed E-state index contributed by atoms with van der Waals surface area (Å²) < 4.78 is 15.2. The number of hydrogen-bond donors (Lipinski definition) is 4. The van der Waals surface area contributed by atoms with E-state index in [-0.39, 0.29) is 30.6 Å². The van der Waals surface area contributed by atoms with Gasteiger partial charge in [0.25, 0.3) is 0 Å². The van der Waals surface area contributed by atoms with Crippen LogP contribution in [0.2, 0.25) is 0 Å². The number of fused-ring (bicyclic) bond motifs is 1. The van der Waals surface area contributed by atoms with Crippen LogP contribution in [-0.2, 0) is 25.7 Å². The van der Waals surface area contributed by atoms with Crippen molar-refractivity contribution < 1.29 is 24.2 Å². The zero-order chi connectivity index (χ0) is 34.7. The number of carbonyl (C=O) groups excluding carboxylic acids is 2. The number of aromatic nitrogens is 1. The van der Waals surface area contributed by atoms with Gasteiger partial charge in [0.1, 0.15) is 0 Å². The van der Waals surface area contributed by atoms with E-state index in [2.05, 4.69) is 16.7 Å². The molecule has 1 aromatic heterocycles. The number of rotatable bonds is 15. The molecule has 1 fully saturated rings. The van der Waals surface area contributed by atoms with Gasteiger partial charge in [0.2, 0.25) is 11.8 Å². The second kappa shape index (κ2) is 17.6. The van der Waals surface area contributed by atoms with Gasteiger partial charge in [-0.15, -0.1) is 11.3 Å². The molecule has 50 heavy (non-hydrogen) atoms. The lowest BCUT2D eigenvalue weighted by molar-refractivity contribution is -0.245. The molecule has 4 aromatic carbocycles. The molecule has 1 aliphatic heterocycles. The number of carbonyl (C=O) groups is 2. The molecule has 0 aliphatic carbocycles. The molecule has 0 unspecified atom stereocenters. The van der Waals surface area contributed by atoms with Crippen LogP contribution < -0.4 is 16.4 Å². The molecule has 3 atom stereocenters. The monoisotopic (exact) mass is 710 g/mol. The SMILES string of the molecule is Nc1ccccc1NC(=O)CCCCCCC(=O)Nc1ccc([C@@H]2O[C@H](CSc3nc4ccccc4s3)C[C@H](c3ccc(CO)cc3)O2)cc1. The number of benzene rings is 4. The Morgan fingerprint density at radius 2 is 1.50 bits per heavy atom. The molecule has 2 amide bonds. The third kappa shape index (κ3) is 9.92. The summed E-state index contributed by atoms with van der Waals surface area (Å²) in [4.78, 5) is 29.6. The van der Waals surface area contributed by atoms with Gasteiger partial charge in [-0.25, -0.2) is 4.98 Å². The van der Waals surface area contributed by atoms with E-state index in [4.69, 9.17) is 20.2 Å². The molecule has 11 heteroatoms. The van der Waals surface area contributed by atoms with Crippen LogP contribution in [0.5, 0.6) is 0 Å². The highest BCUT2D eigenvalue weighted by atomic mass is 32.2. The summed E-state index contributed by atoms with van der Waals surface area (Å²) in [5.74, 6) is 0.632. The summed E-state index contributed by atoms with van der Waals surface area (Å²) in [5, 5.41) is 15.4. The number of aliphatic hydroxyl groups excluding tert-OH is 1. The quantitative estimate of drug-likeness (QED) is 0.0482. The van der Waals surface area contributed by atoms with Gasteiger partial charge in [0, 0.05) is 36.3 Å². The lowest BCUT2D eigenvalue weighted by Gasteiger charge is -2.36. The highest BCUT2D eigenvalue weighted by molar-refractivity contribution is 8.01. The first-order valence-corrected chi connectivity index (χ1v) is 18.8. The maximum Gasteiger partial charge on any atom is 0.224 e. The average Bonchev–Trinajstić information content (AvgIpc) is 3.57. The van der Waals surface area contributed by atoms with Crippen LogP contribution in [0.3, 0.4) is 0 Å². The lowest BCUT2D eigenvalue weighted by atomic mass is 10.0. The molecular weight excluding hydrogens is 669 g/mol. The maximum absolute atomic E-state index is 12.7. The zero-order valence-electron chi connectivity index (χ0n) is 27.8. The number of nitrogens with two attached hydrogens (primary N) is 1. The second-order valence-corrected chi connectivity index (χ2v) is 14.6. The number of nitrogen functional groups attached to an aromatic ring is 1. The average molecular weight is 711 g/mol. The van der Waals surface area contributed by atoms with Gasteiger partial charge in [-0.3, -0.25) is 9.59 Å². The first-order chi connectivity index (χ1) is 24.4. The van der Waals surface area contributed by atoms with Crippen LogP contribution in [0.1, 0.15) is 74.0 Å². The molecule has 1 saturated heterocycles. The van der Waals surface area contributed by atoms with Crippen molar-refractivity contribution in [2.24, 2.45) is 0 Å². The molecule has 0 radical (unpaired) electrons. The molecular formula is C39H42N4O5S2. The van der Waals surface area contributed by atoms with Crippen molar-refractivity contribution in [3.8, 4) is 0 Å². The van der Waals surface area contributed by atoms with Crippen molar-refractivity contribution in [1.29, 1.82) is 0 Å². The Labute approximate surface area is 300 Å². The molecule has 5 aromatic rings. The number of ether oxygens (including phenoxy) is 2. The van der Waals surface area contributed by atoms with Crippen molar-refractivity contribution in [1.82, 2.24) is 4.98 Å². The molecule has 5 N–H and O–H groups in total. The van der Waals surface area contributed by atoms with Crippen molar-refractivity contribution in [2.75, 3.05) is 22.1 Å². The maximum atomic E-state index is 12.7. The Bertz CT molecular complexity index is 1830. The largest absolute Gasteiger partial charge is 0.397 e. The van der Waals surface area contributed by atoms with Crippen LogP contribution in [0, 0.1) is 0 Å². The number of nitrogens with one attached hydrogen (secondary N) is 2. The third-order valence-electron chi connectivity index (χ3n) is 8.54. The third-order valence-corrected chi connectivity index (χ3v) is 10.9. The number of thiazole rings is 1. The Hall–Kier alpha value is -4.26. The first-order valence-electron chi connectivity index (χ1n) is 17.0. The molecule has 1 aliphatic rings. The fourth-order valence-electron chi connectivity index (χ4n) is 5.80. The molecule has 0 bridgehead atoms. The van der Waals surface area contributed by atoms with E-state index in [1.165, 1.54) is 4.70 Å². The van der Waals surface area contributed by atoms with Gasteiger partial charge in [0.15, 0.2) is 10.6 Å². The van der Waals surface area contributed by atoms with Crippen molar-refractivity contribution in [3.05, 3.63) is 114 Å². The number of aliphatic hydroxyl groups is 1. The summed E-state index contributed by atoms with van der Waals surface area (Å²) in [6, 6.07) is 30.9. The normalized spacial score (nSPS) is 17.4. The Morgan fingerprint density at radius 3 is 2.22 bits per heavy atom. The number of thioether (sulfide) groups is 1. The minimum absolute atomic E-state index is 0.00589. The smallest absolute Gasteiger partial charge is 0.224 e. The van der Waals surface area contributed by atoms with Crippen LogP contribution in [0.15, 0.2) is 101 Å². The van der Waals surface area contributed by atoms with E-state index in [0.29, 0.717) is 36.3 Å². The summed E-state index contributed by atoms with van der Waals surface area (Å²) >= 11 is 3.39. The van der Waals surface area contributed by atoms with Gasteiger partial charge >= 0.3 is 0 Å². The van der Waals surface area contributed by atoms with E-state index in [1.54, 1.807) is 35.2 Å². The van der Waals surface area contributed by atoms with Gasteiger partial charge in [-0.2, -0.15) is 0 Å². The molecule has 260 valence electrons. The summed E-state index contributed by atoms with van der Waals surface area (Å²) in [6.07, 6.45) is 3.92.